The van der Waals surface area contributed by atoms with Gasteiger partial charge in [0.25, 0.3) is 0 Å². The molecule has 0 saturated carbocycles. The maximum Gasteiger partial charge on any atom is 0.309 e. The average molecular weight is 370 g/mol. The molecule has 146 valence electrons. The third kappa shape index (κ3) is 5.41. The molecule has 0 spiro atoms. The van der Waals surface area contributed by atoms with Crippen LogP contribution in [0.3, 0.4) is 0 Å². The molecule has 0 bridgehead atoms. The molecule has 2 aromatic rings. The van der Waals surface area contributed by atoms with Crippen LogP contribution in [0.4, 0.5) is 0 Å². The molecule has 0 aliphatic carbocycles. The molecule has 0 radical (unpaired) electrons. The van der Waals surface area contributed by atoms with E-state index in [2.05, 4.69) is 50.2 Å². The summed E-state index contributed by atoms with van der Waals surface area (Å²) in [6.45, 7) is 6.25. The Morgan fingerprint density at radius 2 is 1.67 bits per heavy atom. The molecule has 4 nitrogen and oxygen atoms in total. The smallest absolute Gasteiger partial charge is 0.309 e. The van der Waals surface area contributed by atoms with Crippen molar-refractivity contribution in [2.75, 3.05) is 13.2 Å². The predicted octanol–water partition coefficient (Wildman–Crippen LogP) is 3.91. The Bertz CT molecular complexity index is 710. The minimum Gasteiger partial charge on any atom is -0.466 e. The molecule has 0 aliphatic heterocycles. The standard InChI is InChI=1S/C23H31NO3/c1-4-27-22(26)19(14-15-25)16-21(24)23(2,3)20-12-10-18(11-13-20)17-8-6-5-7-9-17/h5-13,19,21,25H,4,14-16,24H2,1-3H3/t19-,21+/m1/s1. The number of carbonyl (C=O) groups is 1. The maximum absolute atomic E-state index is 12.1. The van der Waals surface area contributed by atoms with E-state index in [4.69, 9.17) is 10.5 Å². The van der Waals surface area contributed by atoms with Crippen LogP contribution < -0.4 is 5.73 Å². The largest absolute Gasteiger partial charge is 0.466 e. The highest BCUT2D eigenvalue weighted by atomic mass is 16.5. The summed E-state index contributed by atoms with van der Waals surface area (Å²) in [6.07, 6.45) is 0.850. The third-order valence-corrected chi connectivity index (χ3v) is 5.30. The highest BCUT2D eigenvalue weighted by Crippen LogP contribution is 2.32. The van der Waals surface area contributed by atoms with Crippen LogP contribution in [-0.4, -0.2) is 30.3 Å². The molecule has 2 atom stereocenters. The summed E-state index contributed by atoms with van der Waals surface area (Å²) >= 11 is 0. The van der Waals surface area contributed by atoms with Crippen LogP contribution in [0.5, 0.6) is 0 Å². The van der Waals surface area contributed by atoms with E-state index >= 15 is 0 Å². The fraction of sp³-hybridized carbons (Fsp3) is 0.435. The molecule has 0 aromatic heterocycles. The first-order chi connectivity index (χ1) is 12.9. The van der Waals surface area contributed by atoms with Crippen molar-refractivity contribution in [2.45, 2.75) is 45.1 Å². The number of benzene rings is 2. The van der Waals surface area contributed by atoms with E-state index in [9.17, 15) is 9.90 Å². The Hall–Kier alpha value is -2.17. The van der Waals surface area contributed by atoms with Crippen molar-refractivity contribution in [3.63, 3.8) is 0 Å². The molecular formula is C23H31NO3. The van der Waals surface area contributed by atoms with Crippen molar-refractivity contribution in [3.05, 3.63) is 60.2 Å². The van der Waals surface area contributed by atoms with Gasteiger partial charge in [-0.05, 0) is 36.5 Å². The molecule has 27 heavy (non-hydrogen) atoms. The summed E-state index contributed by atoms with van der Waals surface area (Å²) in [6, 6.07) is 18.4. The number of ether oxygens (including phenoxy) is 1. The van der Waals surface area contributed by atoms with Gasteiger partial charge in [0.2, 0.25) is 0 Å². The van der Waals surface area contributed by atoms with Gasteiger partial charge in [0, 0.05) is 18.1 Å². The number of rotatable bonds is 9. The first-order valence-corrected chi connectivity index (χ1v) is 9.59. The second-order valence-electron chi connectivity index (χ2n) is 7.47. The number of esters is 1. The van der Waals surface area contributed by atoms with Gasteiger partial charge in [0.05, 0.1) is 12.5 Å². The molecule has 4 heteroatoms. The zero-order chi connectivity index (χ0) is 19.9. The summed E-state index contributed by atoms with van der Waals surface area (Å²) in [5, 5.41) is 9.28. The summed E-state index contributed by atoms with van der Waals surface area (Å²) in [5.41, 5.74) is 9.66. The maximum atomic E-state index is 12.1. The van der Waals surface area contributed by atoms with Crippen molar-refractivity contribution >= 4 is 5.97 Å². The van der Waals surface area contributed by atoms with Gasteiger partial charge in [-0.2, -0.15) is 0 Å². The Labute approximate surface area is 162 Å². The van der Waals surface area contributed by atoms with Crippen LogP contribution >= 0.6 is 0 Å². The van der Waals surface area contributed by atoms with Gasteiger partial charge in [-0.25, -0.2) is 0 Å². The van der Waals surface area contributed by atoms with E-state index in [-0.39, 0.29) is 30.0 Å². The van der Waals surface area contributed by atoms with Gasteiger partial charge < -0.3 is 15.6 Å². The number of carbonyl (C=O) groups excluding carboxylic acids is 1. The van der Waals surface area contributed by atoms with Crippen molar-refractivity contribution < 1.29 is 14.6 Å². The summed E-state index contributed by atoms with van der Waals surface area (Å²) < 4.78 is 5.13. The first kappa shape index (κ1) is 21.1. The predicted molar refractivity (Wildman–Crippen MR) is 109 cm³/mol. The molecule has 0 fully saturated rings. The monoisotopic (exact) mass is 369 g/mol. The lowest BCUT2D eigenvalue weighted by molar-refractivity contribution is -0.149. The fourth-order valence-electron chi connectivity index (χ4n) is 3.29. The summed E-state index contributed by atoms with van der Waals surface area (Å²) in [4.78, 5) is 12.1. The minimum atomic E-state index is -0.382. The lowest BCUT2D eigenvalue weighted by atomic mass is 9.74. The number of nitrogens with two attached hydrogens (primary N) is 1. The molecule has 3 N–H and O–H groups in total. The molecule has 0 unspecified atom stereocenters. The molecule has 0 saturated heterocycles. The van der Waals surface area contributed by atoms with Crippen LogP contribution in [-0.2, 0) is 14.9 Å². The average Bonchev–Trinajstić information content (AvgIpc) is 2.68. The van der Waals surface area contributed by atoms with Crippen molar-refractivity contribution in [3.8, 4) is 11.1 Å². The summed E-state index contributed by atoms with van der Waals surface area (Å²) in [5.74, 6) is -0.662. The van der Waals surface area contributed by atoms with E-state index in [1.165, 1.54) is 5.56 Å². The minimum absolute atomic E-state index is 0.0532. The van der Waals surface area contributed by atoms with Crippen LogP contribution in [0.25, 0.3) is 11.1 Å². The Morgan fingerprint density at radius 1 is 1.07 bits per heavy atom. The zero-order valence-electron chi connectivity index (χ0n) is 16.5. The Balaban J connectivity index is 2.14. The van der Waals surface area contributed by atoms with Gasteiger partial charge in [0.1, 0.15) is 0 Å². The zero-order valence-corrected chi connectivity index (χ0v) is 16.5. The normalized spacial score (nSPS) is 13.8. The second-order valence-corrected chi connectivity index (χ2v) is 7.47. The number of aliphatic hydroxyl groups excluding tert-OH is 1. The molecule has 2 rings (SSSR count). The lowest BCUT2D eigenvalue weighted by Gasteiger charge is -2.34. The number of aliphatic hydroxyl groups is 1. The molecule has 0 amide bonds. The van der Waals surface area contributed by atoms with E-state index in [1.54, 1.807) is 6.92 Å². The van der Waals surface area contributed by atoms with Gasteiger partial charge in [0.15, 0.2) is 0 Å². The van der Waals surface area contributed by atoms with E-state index < -0.39 is 0 Å². The Kier molecular flexibility index (Phi) is 7.57. The number of hydrogen-bond donors (Lipinski definition) is 2. The van der Waals surface area contributed by atoms with Crippen LogP contribution in [0, 0.1) is 5.92 Å². The first-order valence-electron chi connectivity index (χ1n) is 9.59. The third-order valence-electron chi connectivity index (χ3n) is 5.30. The second kappa shape index (κ2) is 9.67. The van der Waals surface area contributed by atoms with Crippen LogP contribution in [0.15, 0.2) is 54.6 Å². The van der Waals surface area contributed by atoms with Crippen molar-refractivity contribution in [1.82, 2.24) is 0 Å². The molecule has 0 heterocycles. The number of hydrogen-bond acceptors (Lipinski definition) is 4. The van der Waals surface area contributed by atoms with E-state index in [0.29, 0.717) is 19.4 Å². The van der Waals surface area contributed by atoms with E-state index in [1.807, 2.05) is 18.2 Å². The van der Waals surface area contributed by atoms with Crippen molar-refractivity contribution in [1.29, 1.82) is 0 Å². The van der Waals surface area contributed by atoms with Gasteiger partial charge in [-0.3, -0.25) is 4.79 Å². The molecule has 0 aliphatic rings. The summed E-state index contributed by atoms with van der Waals surface area (Å²) in [7, 11) is 0. The topological polar surface area (TPSA) is 72.5 Å². The van der Waals surface area contributed by atoms with Gasteiger partial charge in [-0.1, -0.05) is 68.4 Å². The van der Waals surface area contributed by atoms with Crippen LogP contribution in [0.2, 0.25) is 0 Å². The molecule has 2 aromatic carbocycles. The quantitative estimate of drug-likeness (QED) is 0.657. The van der Waals surface area contributed by atoms with E-state index in [0.717, 1.165) is 11.1 Å². The van der Waals surface area contributed by atoms with Crippen molar-refractivity contribution in [2.24, 2.45) is 11.7 Å². The fourth-order valence-corrected chi connectivity index (χ4v) is 3.29. The Morgan fingerprint density at radius 3 is 2.22 bits per heavy atom. The highest BCUT2D eigenvalue weighted by Gasteiger charge is 2.33. The SMILES string of the molecule is CCOC(=O)[C@H](CCO)C[C@H](N)C(C)(C)c1ccc(-c2ccccc2)cc1. The van der Waals surface area contributed by atoms with Gasteiger partial charge >= 0.3 is 5.97 Å². The lowest BCUT2D eigenvalue weighted by Crippen LogP contribution is -2.43. The molecular weight excluding hydrogens is 338 g/mol. The van der Waals surface area contributed by atoms with Crippen LogP contribution in [0.1, 0.15) is 39.2 Å². The highest BCUT2D eigenvalue weighted by molar-refractivity contribution is 5.72. The van der Waals surface area contributed by atoms with Gasteiger partial charge in [-0.15, -0.1) is 0 Å².